The summed E-state index contributed by atoms with van der Waals surface area (Å²) in [6.07, 6.45) is 0. The number of nitrogens with one attached hydrogen (secondary N) is 1. The summed E-state index contributed by atoms with van der Waals surface area (Å²) >= 11 is 0. The first kappa shape index (κ1) is 15.5. The Labute approximate surface area is 135 Å². The van der Waals surface area contributed by atoms with Crippen molar-refractivity contribution in [2.75, 3.05) is 18.6 Å². The maximum Gasteiger partial charge on any atom is 0.265 e. The molecule has 0 bridgehead atoms. The fourth-order valence-electron chi connectivity index (χ4n) is 2.58. The van der Waals surface area contributed by atoms with Crippen LogP contribution in [-0.2, 0) is 10.0 Å². The van der Waals surface area contributed by atoms with Gasteiger partial charge in [-0.3, -0.25) is 4.72 Å². The highest BCUT2D eigenvalue weighted by Crippen LogP contribution is 2.36. The Bertz CT molecular complexity index is 861. The Balaban J connectivity index is 2.00. The van der Waals surface area contributed by atoms with Crippen molar-refractivity contribution in [2.24, 2.45) is 0 Å². The molecule has 1 aliphatic heterocycles. The summed E-state index contributed by atoms with van der Waals surface area (Å²) in [7, 11) is -2.34. The van der Waals surface area contributed by atoms with E-state index >= 15 is 0 Å². The Morgan fingerprint density at radius 2 is 1.83 bits per heavy atom. The highest BCUT2D eigenvalue weighted by molar-refractivity contribution is 7.92. The van der Waals surface area contributed by atoms with Crippen LogP contribution in [0, 0.1) is 13.8 Å². The minimum atomic E-state index is -3.79. The molecule has 0 saturated carbocycles. The number of sulfonamides is 1. The lowest BCUT2D eigenvalue weighted by Gasteiger charge is -2.15. The molecule has 1 aliphatic rings. The van der Waals surface area contributed by atoms with Gasteiger partial charge in [0.15, 0.2) is 11.5 Å². The molecule has 0 radical (unpaired) electrons. The lowest BCUT2D eigenvalue weighted by molar-refractivity contribution is 0.174. The first-order valence-electron chi connectivity index (χ1n) is 6.98. The molecule has 1 heterocycles. The fraction of sp³-hybridized carbons (Fsp3) is 0.250. The number of hydrogen-bond donors (Lipinski definition) is 1. The molecular weight excluding hydrogens is 318 g/mol. The summed E-state index contributed by atoms with van der Waals surface area (Å²) in [5.74, 6) is 1.42. The zero-order valence-electron chi connectivity index (χ0n) is 13.0. The maximum absolute atomic E-state index is 12.8. The average molecular weight is 335 g/mol. The van der Waals surface area contributed by atoms with Gasteiger partial charge in [0.05, 0.1) is 12.8 Å². The lowest BCUT2D eigenvalue weighted by atomic mass is 10.1. The molecule has 0 atom stereocenters. The predicted molar refractivity (Wildman–Crippen MR) is 85.8 cm³/mol. The van der Waals surface area contributed by atoms with Crippen LogP contribution in [-0.4, -0.2) is 22.3 Å². The molecule has 0 amide bonds. The summed E-state index contributed by atoms with van der Waals surface area (Å²) in [5, 5.41) is 0. The van der Waals surface area contributed by atoms with Crippen LogP contribution in [0.2, 0.25) is 0 Å². The lowest BCUT2D eigenvalue weighted by Crippen LogP contribution is -2.15. The highest BCUT2D eigenvalue weighted by Gasteiger charge is 2.24. The van der Waals surface area contributed by atoms with E-state index in [-0.39, 0.29) is 11.7 Å². The fourth-order valence-corrected chi connectivity index (χ4v) is 4.01. The molecule has 3 rings (SSSR count). The topological polar surface area (TPSA) is 73.9 Å². The Kier molecular flexibility index (Phi) is 3.81. The molecular formula is C16H17NO5S. The van der Waals surface area contributed by atoms with Crippen molar-refractivity contribution in [3.63, 3.8) is 0 Å². The monoisotopic (exact) mass is 335 g/mol. The van der Waals surface area contributed by atoms with Crippen LogP contribution in [0.5, 0.6) is 17.2 Å². The molecule has 0 saturated heterocycles. The van der Waals surface area contributed by atoms with Crippen molar-refractivity contribution in [3.05, 3.63) is 41.5 Å². The van der Waals surface area contributed by atoms with Crippen LogP contribution in [0.15, 0.2) is 35.2 Å². The van der Waals surface area contributed by atoms with Gasteiger partial charge in [-0.15, -0.1) is 0 Å². The maximum atomic E-state index is 12.8. The van der Waals surface area contributed by atoms with Crippen LogP contribution in [0.25, 0.3) is 0 Å². The summed E-state index contributed by atoms with van der Waals surface area (Å²) < 4.78 is 43.8. The van der Waals surface area contributed by atoms with Crippen molar-refractivity contribution >= 4 is 15.7 Å². The quantitative estimate of drug-likeness (QED) is 0.930. The van der Waals surface area contributed by atoms with Crippen LogP contribution < -0.4 is 18.9 Å². The van der Waals surface area contributed by atoms with Gasteiger partial charge in [0.1, 0.15) is 10.6 Å². The molecule has 7 heteroatoms. The first-order chi connectivity index (χ1) is 10.9. The first-order valence-corrected chi connectivity index (χ1v) is 8.47. The van der Waals surface area contributed by atoms with E-state index < -0.39 is 10.0 Å². The number of aryl methyl sites for hydroxylation is 2. The standard InChI is InChI=1S/C16H17NO5S/c1-10-6-11(2)16(15(7-10)20-3)23(18,19)17-12-4-5-13-14(8-12)22-9-21-13/h4-8,17H,9H2,1-3H3. The van der Waals surface area contributed by atoms with Gasteiger partial charge >= 0.3 is 0 Å². The number of anilines is 1. The number of hydrogen-bond acceptors (Lipinski definition) is 5. The van der Waals surface area contributed by atoms with Gasteiger partial charge in [0.25, 0.3) is 10.0 Å². The molecule has 122 valence electrons. The number of rotatable bonds is 4. The zero-order valence-corrected chi connectivity index (χ0v) is 13.9. The Morgan fingerprint density at radius 1 is 1.09 bits per heavy atom. The minimum absolute atomic E-state index is 0.128. The van der Waals surface area contributed by atoms with Crippen molar-refractivity contribution in [1.29, 1.82) is 0 Å². The molecule has 23 heavy (non-hydrogen) atoms. The van der Waals surface area contributed by atoms with E-state index in [2.05, 4.69) is 4.72 Å². The third-order valence-electron chi connectivity index (χ3n) is 3.50. The molecule has 0 fully saturated rings. The van der Waals surface area contributed by atoms with Gasteiger partial charge in [-0.05, 0) is 43.2 Å². The van der Waals surface area contributed by atoms with Gasteiger partial charge in [-0.2, -0.15) is 0 Å². The second-order valence-electron chi connectivity index (χ2n) is 5.29. The Morgan fingerprint density at radius 3 is 2.57 bits per heavy atom. The summed E-state index contributed by atoms with van der Waals surface area (Å²) in [5.41, 5.74) is 1.95. The number of methoxy groups -OCH3 is 1. The van der Waals surface area contributed by atoms with E-state index in [0.717, 1.165) is 5.56 Å². The summed E-state index contributed by atoms with van der Waals surface area (Å²) in [6.45, 7) is 3.76. The van der Waals surface area contributed by atoms with E-state index in [4.69, 9.17) is 14.2 Å². The second-order valence-corrected chi connectivity index (χ2v) is 6.91. The predicted octanol–water partition coefficient (Wildman–Crippen LogP) is 2.84. The number of ether oxygens (including phenoxy) is 3. The van der Waals surface area contributed by atoms with Crippen molar-refractivity contribution in [3.8, 4) is 17.2 Å². The van der Waals surface area contributed by atoms with Crippen LogP contribution >= 0.6 is 0 Å². The van der Waals surface area contributed by atoms with E-state index in [1.807, 2.05) is 6.92 Å². The molecule has 2 aromatic carbocycles. The van der Waals surface area contributed by atoms with Crippen LogP contribution in [0.3, 0.4) is 0 Å². The molecule has 0 spiro atoms. The number of fused-ring (bicyclic) bond motifs is 1. The van der Waals surface area contributed by atoms with Crippen LogP contribution in [0.1, 0.15) is 11.1 Å². The SMILES string of the molecule is COc1cc(C)cc(C)c1S(=O)(=O)Nc1ccc2c(c1)OCO2. The third-order valence-corrected chi connectivity index (χ3v) is 5.06. The molecule has 0 aromatic heterocycles. The minimum Gasteiger partial charge on any atom is -0.495 e. The van der Waals surface area contributed by atoms with Gasteiger partial charge < -0.3 is 14.2 Å². The summed E-state index contributed by atoms with van der Waals surface area (Å²) in [4.78, 5) is 0.128. The molecule has 0 unspecified atom stereocenters. The van der Waals surface area contributed by atoms with Crippen molar-refractivity contribution < 1.29 is 22.6 Å². The van der Waals surface area contributed by atoms with E-state index in [0.29, 0.717) is 28.5 Å². The van der Waals surface area contributed by atoms with Crippen molar-refractivity contribution in [2.45, 2.75) is 18.7 Å². The van der Waals surface area contributed by atoms with Crippen LogP contribution in [0.4, 0.5) is 5.69 Å². The van der Waals surface area contributed by atoms with E-state index in [1.54, 1.807) is 37.3 Å². The van der Waals surface area contributed by atoms with E-state index in [1.165, 1.54) is 7.11 Å². The van der Waals surface area contributed by atoms with E-state index in [9.17, 15) is 8.42 Å². The van der Waals surface area contributed by atoms with Crippen molar-refractivity contribution in [1.82, 2.24) is 0 Å². The second kappa shape index (κ2) is 5.66. The molecule has 2 aromatic rings. The van der Waals surface area contributed by atoms with Gasteiger partial charge in [-0.1, -0.05) is 6.07 Å². The summed E-state index contributed by atoms with van der Waals surface area (Å²) in [6, 6.07) is 8.38. The van der Waals surface area contributed by atoms with Gasteiger partial charge in [0, 0.05) is 6.07 Å². The zero-order chi connectivity index (χ0) is 16.6. The third kappa shape index (κ3) is 2.92. The smallest absolute Gasteiger partial charge is 0.265 e. The van der Waals surface area contributed by atoms with Gasteiger partial charge in [-0.25, -0.2) is 8.42 Å². The molecule has 6 nitrogen and oxygen atoms in total. The molecule has 1 N–H and O–H groups in total. The largest absolute Gasteiger partial charge is 0.495 e. The molecule has 0 aliphatic carbocycles. The highest BCUT2D eigenvalue weighted by atomic mass is 32.2. The van der Waals surface area contributed by atoms with Gasteiger partial charge in [0.2, 0.25) is 6.79 Å². The Hall–Kier alpha value is -2.41. The number of benzene rings is 2. The average Bonchev–Trinajstić information content (AvgIpc) is 2.92. The normalized spacial score (nSPS) is 13.0.